The standard InChI is InChI=1S/C44H43N3O6/c1-52-42(49)37-25-24-35(28-38(37)43(50)53-2)45-44(51)46-39(27-31-16-8-4-9-17-31)41(48)47(29-32-18-10-5-11-19-32)40-34(26-30-14-6-3-7-15-30)23-22-33-20-12-13-21-36(33)40/h3-21,24-25,28,34,39-40H,22-23,26-27,29H2,1-2H3,(H2,45,46,51)/t34-,39?,40-/m0/s1. The first-order chi connectivity index (χ1) is 25.8. The number of amides is 3. The average molecular weight is 710 g/mol. The van der Waals surface area contributed by atoms with Gasteiger partial charge in [0.2, 0.25) is 5.91 Å². The third-order valence-electron chi connectivity index (χ3n) is 9.73. The van der Waals surface area contributed by atoms with Crippen molar-refractivity contribution >= 4 is 29.6 Å². The summed E-state index contributed by atoms with van der Waals surface area (Å²) in [5.74, 6) is -1.58. The molecule has 0 saturated heterocycles. The predicted octanol–water partition coefficient (Wildman–Crippen LogP) is 7.57. The van der Waals surface area contributed by atoms with E-state index in [1.54, 1.807) is 0 Å². The Morgan fingerprint density at radius 3 is 1.94 bits per heavy atom. The molecule has 0 radical (unpaired) electrons. The van der Waals surface area contributed by atoms with Crippen LogP contribution in [0.25, 0.3) is 0 Å². The molecule has 1 aliphatic rings. The minimum Gasteiger partial charge on any atom is -0.465 e. The van der Waals surface area contributed by atoms with Gasteiger partial charge in [-0.15, -0.1) is 0 Å². The molecule has 5 aromatic rings. The number of benzene rings is 5. The van der Waals surface area contributed by atoms with E-state index in [1.807, 2.05) is 95.9 Å². The highest BCUT2D eigenvalue weighted by atomic mass is 16.5. The summed E-state index contributed by atoms with van der Waals surface area (Å²) in [5.41, 5.74) is 5.56. The van der Waals surface area contributed by atoms with E-state index in [0.29, 0.717) is 6.54 Å². The van der Waals surface area contributed by atoms with Crippen molar-refractivity contribution in [3.63, 3.8) is 0 Å². The predicted molar refractivity (Wildman–Crippen MR) is 203 cm³/mol. The molecule has 0 saturated carbocycles. The maximum atomic E-state index is 15.3. The maximum absolute atomic E-state index is 15.3. The van der Waals surface area contributed by atoms with Crippen molar-refractivity contribution in [1.29, 1.82) is 0 Å². The Kier molecular flexibility index (Phi) is 12.0. The van der Waals surface area contributed by atoms with E-state index in [1.165, 1.54) is 43.5 Å². The summed E-state index contributed by atoms with van der Waals surface area (Å²) < 4.78 is 9.69. The van der Waals surface area contributed by atoms with Crippen molar-refractivity contribution in [3.05, 3.63) is 172 Å². The van der Waals surface area contributed by atoms with Gasteiger partial charge in [0.1, 0.15) is 6.04 Å². The monoisotopic (exact) mass is 709 g/mol. The number of anilines is 1. The Bertz CT molecular complexity index is 2040. The van der Waals surface area contributed by atoms with Crippen molar-refractivity contribution in [2.75, 3.05) is 19.5 Å². The van der Waals surface area contributed by atoms with Crippen LogP contribution in [0.1, 0.15) is 61.0 Å². The van der Waals surface area contributed by atoms with Crippen LogP contribution in [0.3, 0.4) is 0 Å². The number of rotatable bonds is 12. The second-order valence-corrected chi connectivity index (χ2v) is 13.2. The number of hydrogen-bond acceptors (Lipinski definition) is 6. The molecule has 3 atom stereocenters. The second-order valence-electron chi connectivity index (χ2n) is 13.2. The highest BCUT2D eigenvalue weighted by molar-refractivity contribution is 6.04. The van der Waals surface area contributed by atoms with Gasteiger partial charge >= 0.3 is 18.0 Å². The molecule has 270 valence electrons. The van der Waals surface area contributed by atoms with Gasteiger partial charge in [-0.1, -0.05) is 115 Å². The Balaban J connectivity index is 1.37. The van der Waals surface area contributed by atoms with E-state index in [0.717, 1.165) is 36.0 Å². The largest absolute Gasteiger partial charge is 0.465 e. The molecular weight excluding hydrogens is 666 g/mol. The highest BCUT2D eigenvalue weighted by Crippen LogP contribution is 2.41. The zero-order chi connectivity index (χ0) is 37.2. The molecule has 3 amide bonds. The fourth-order valence-electron chi connectivity index (χ4n) is 7.21. The van der Waals surface area contributed by atoms with Gasteiger partial charge in [0.15, 0.2) is 0 Å². The van der Waals surface area contributed by atoms with Gasteiger partial charge in [0.25, 0.3) is 0 Å². The number of methoxy groups -OCH3 is 2. The lowest BCUT2D eigenvalue weighted by molar-refractivity contribution is -0.138. The molecule has 0 spiro atoms. The molecule has 0 fully saturated rings. The van der Waals surface area contributed by atoms with Gasteiger partial charge in [-0.25, -0.2) is 14.4 Å². The van der Waals surface area contributed by atoms with E-state index in [4.69, 9.17) is 9.47 Å². The first kappa shape index (κ1) is 36.6. The molecule has 9 nitrogen and oxygen atoms in total. The molecule has 1 unspecified atom stereocenters. The van der Waals surface area contributed by atoms with E-state index >= 15 is 4.79 Å². The lowest BCUT2D eigenvalue weighted by atomic mass is 9.75. The van der Waals surface area contributed by atoms with Gasteiger partial charge in [-0.3, -0.25) is 4.79 Å². The van der Waals surface area contributed by atoms with Crippen molar-refractivity contribution in [2.45, 2.75) is 44.3 Å². The summed E-state index contributed by atoms with van der Waals surface area (Å²) in [6.45, 7) is 0.343. The molecule has 0 aromatic heterocycles. The summed E-state index contributed by atoms with van der Waals surface area (Å²) >= 11 is 0. The van der Waals surface area contributed by atoms with Crippen LogP contribution < -0.4 is 10.6 Å². The first-order valence-corrected chi connectivity index (χ1v) is 17.7. The number of hydrogen-bond donors (Lipinski definition) is 2. The summed E-state index contributed by atoms with van der Waals surface area (Å²) in [6, 6.07) is 40.6. The van der Waals surface area contributed by atoms with E-state index in [9.17, 15) is 14.4 Å². The minimum absolute atomic E-state index is 0.00295. The number of urea groups is 1. The quantitative estimate of drug-likeness (QED) is 0.129. The molecule has 2 N–H and O–H groups in total. The van der Waals surface area contributed by atoms with Crippen LogP contribution in [0.2, 0.25) is 0 Å². The Morgan fingerprint density at radius 1 is 0.698 bits per heavy atom. The molecule has 5 aromatic carbocycles. The zero-order valence-electron chi connectivity index (χ0n) is 29.9. The fourth-order valence-corrected chi connectivity index (χ4v) is 7.21. The van der Waals surface area contributed by atoms with Crippen molar-refractivity contribution in [2.24, 2.45) is 5.92 Å². The molecule has 1 aliphatic carbocycles. The Hall–Kier alpha value is -6.22. The number of nitrogens with one attached hydrogen (secondary N) is 2. The fraction of sp³-hybridized carbons (Fsp3) is 0.227. The van der Waals surface area contributed by atoms with Crippen molar-refractivity contribution in [1.82, 2.24) is 10.2 Å². The molecule has 6 rings (SSSR count). The molecule has 0 heterocycles. The first-order valence-electron chi connectivity index (χ1n) is 17.7. The number of nitrogens with zero attached hydrogens (tertiary/aromatic N) is 1. The van der Waals surface area contributed by atoms with Crippen LogP contribution in [-0.4, -0.2) is 49.0 Å². The van der Waals surface area contributed by atoms with Crippen LogP contribution in [0.15, 0.2) is 133 Å². The lowest BCUT2D eigenvalue weighted by Crippen LogP contribution is -2.53. The SMILES string of the molecule is COC(=O)c1ccc(NC(=O)NC(Cc2ccccc2)C(=O)N(Cc2ccccc2)[C@@H]2c3ccccc3CC[C@H]2Cc2ccccc2)cc1C(=O)OC. The van der Waals surface area contributed by atoms with Crippen LogP contribution in [0.5, 0.6) is 0 Å². The summed E-state index contributed by atoms with van der Waals surface area (Å²) in [7, 11) is 2.41. The lowest BCUT2D eigenvalue weighted by Gasteiger charge is -2.43. The highest BCUT2D eigenvalue weighted by Gasteiger charge is 2.39. The zero-order valence-corrected chi connectivity index (χ0v) is 29.9. The number of fused-ring (bicyclic) bond motifs is 1. The summed E-state index contributed by atoms with van der Waals surface area (Å²) in [6.07, 6.45) is 2.84. The second kappa shape index (κ2) is 17.3. The molecule has 9 heteroatoms. The van der Waals surface area contributed by atoms with Gasteiger partial charge in [-0.05, 0) is 71.2 Å². The molecule has 0 aliphatic heterocycles. The summed E-state index contributed by atoms with van der Waals surface area (Å²) in [4.78, 5) is 55.9. The van der Waals surface area contributed by atoms with Gasteiger partial charge < -0.3 is 25.0 Å². The number of ether oxygens (including phenoxy) is 2. The minimum atomic E-state index is -0.956. The average Bonchev–Trinajstić information content (AvgIpc) is 3.20. The number of aryl methyl sites for hydroxylation is 1. The van der Waals surface area contributed by atoms with Gasteiger partial charge in [0.05, 0.1) is 31.4 Å². The maximum Gasteiger partial charge on any atom is 0.338 e. The van der Waals surface area contributed by atoms with Crippen LogP contribution in [0.4, 0.5) is 10.5 Å². The van der Waals surface area contributed by atoms with E-state index < -0.39 is 24.0 Å². The molecule has 0 bridgehead atoms. The topological polar surface area (TPSA) is 114 Å². The van der Waals surface area contributed by atoms with Crippen LogP contribution in [-0.2, 0) is 40.1 Å². The molecular formula is C44H43N3O6. The van der Waals surface area contributed by atoms with Crippen LogP contribution in [0, 0.1) is 5.92 Å². The smallest absolute Gasteiger partial charge is 0.338 e. The number of carbonyl (C=O) groups excluding carboxylic acids is 4. The normalized spacial score (nSPS) is 15.3. The number of esters is 2. The van der Waals surface area contributed by atoms with Crippen molar-refractivity contribution < 1.29 is 28.7 Å². The third-order valence-corrected chi connectivity index (χ3v) is 9.73. The summed E-state index contributed by atoms with van der Waals surface area (Å²) in [5, 5.41) is 5.73. The Labute approximate surface area is 309 Å². The van der Waals surface area contributed by atoms with Gasteiger partial charge in [0, 0.05) is 18.7 Å². The van der Waals surface area contributed by atoms with Crippen LogP contribution >= 0.6 is 0 Å². The number of carbonyl (C=O) groups is 4. The van der Waals surface area contributed by atoms with E-state index in [2.05, 4.69) is 34.9 Å². The van der Waals surface area contributed by atoms with Crippen molar-refractivity contribution in [3.8, 4) is 0 Å². The van der Waals surface area contributed by atoms with E-state index in [-0.39, 0.29) is 41.1 Å². The third kappa shape index (κ3) is 8.99. The molecule has 53 heavy (non-hydrogen) atoms. The Morgan fingerprint density at radius 2 is 1.28 bits per heavy atom. The van der Waals surface area contributed by atoms with Gasteiger partial charge in [-0.2, -0.15) is 0 Å².